The molecule has 58 heavy (non-hydrogen) atoms. The molecule has 0 radical (unpaired) electrons. The van der Waals surface area contributed by atoms with Gasteiger partial charge in [-0.2, -0.15) is 0 Å². The minimum Gasteiger partial charge on any atom is -0.505 e. The molecule has 0 aliphatic heterocycles. The van der Waals surface area contributed by atoms with Crippen LogP contribution in [-0.2, 0) is 9.59 Å². The number of rotatable bonds is 12. The van der Waals surface area contributed by atoms with Crippen LogP contribution in [0.3, 0.4) is 0 Å². The number of phenols is 2. The summed E-state index contributed by atoms with van der Waals surface area (Å²) in [4.78, 5) is 58.4. The molecule has 0 fully saturated rings. The summed E-state index contributed by atoms with van der Waals surface area (Å²) in [5, 5.41) is 27.3. The topological polar surface area (TPSA) is 143 Å². The summed E-state index contributed by atoms with van der Waals surface area (Å²) in [6.45, 7) is 8.52. The molecule has 0 aliphatic rings. The van der Waals surface area contributed by atoms with Gasteiger partial charge in [0.2, 0.25) is 11.8 Å². The minimum absolute atomic E-state index is 0.00272. The second kappa shape index (κ2) is 16.6. The lowest BCUT2D eigenvalue weighted by Gasteiger charge is -2.29. The third kappa shape index (κ3) is 7.53. The van der Waals surface area contributed by atoms with Crippen LogP contribution in [0.2, 0.25) is 0 Å². The van der Waals surface area contributed by atoms with Crippen molar-refractivity contribution in [1.82, 2.24) is 19.8 Å². The first kappa shape index (κ1) is 41.2. The average molecular weight is 799 g/mol. The number of phenolic OH excluding ortho intramolecular Hbond substituents is 2. The standard InChI is InChI=1S/C44H42F4N4O6/c1-6-8-15-49-41(55)39(37-23(4)51(33-20-31(47)35(53)18-29(33)37)43(57)25-11-9-13-27(45)16-25)40(42(56)50-22(3)7-2)38-24(5)52(34-21-32(48)36(54)19-30(34)38)44(58)26-12-10-14-28(46)17-26/h9-14,16-22,39-40,53-54H,6-8,15H2,1-5H3,(H,49,55)(H,50,56). The van der Waals surface area contributed by atoms with Crippen LogP contribution in [0, 0.1) is 37.1 Å². The van der Waals surface area contributed by atoms with Gasteiger partial charge in [0.15, 0.2) is 23.1 Å². The maximum Gasteiger partial charge on any atom is 0.262 e. The van der Waals surface area contributed by atoms with E-state index in [0.717, 1.165) is 57.7 Å². The van der Waals surface area contributed by atoms with Gasteiger partial charge in [0.05, 0.1) is 22.9 Å². The van der Waals surface area contributed by atoms with Crippen LogP contribution in [0.1, 0.15) is 95.1 Å². The summed E-state index contributed by atoms with van der Waals surface area (Å²) in [6.07, 6.45) is 1.65. The minimum atomic E-state index is -1.63. The van der Waals surface area contributed by atoms with Crippen LogP contribution in [0.25, 0.3) is 21.8 Å². The Labute approximate surface area is 331 Å². The van der Waals surface area contributed by atoms with Gasteiger partial charge in [-0.3, -0.25) is 28.3 Å². The van der Waals surface area contributed by atoms with Gasteiger partial charge in [-0.25, -0.2) is 17.6 Å². The summed E-state index contributed by atoms with van der Waals surface area (Å²) < 4.78 is 61.5. The van der Waals surface area contributed by atoms with E-state index < -0.39 is 76.3 Å². The molecule has 6 aromatic rings. The summed E-state index contributed by atoms with van der Waals surface area (Å²) in [5.41, 5.74) is -0.364. The number of carbonyl (C=O) groups excluding carboxylic acids is 4. The SMILES string of the molecule is CCCCNC(=O)C(c1c(C)n(C(=O)c2cccc(F)c2)c2cc(F)c(O)cc12)C(C(=O)NC(C)CC)c1c(C)n(C(=O)c2cccc(F)c2)c2cc(F)c(O)cc12. The Morgan fingerprint density at radius 2 is 1.12 bits per heavy atom. The first-order valence-electron chi connectivity index (χ1n) is 18.8. The van der Waals surface area contributed by atoms with Crippen LogP contribution in [0.4, 0.5) is 17.6 Å². The molecule has 3 unspecified atom stereocenters. The molecular weight excluding hydrogens is 756 g/mol. The zero-order valence-electron chi connectivity index (χ0n) is 32.4. The highest BCUT2D eigenvalue weighted by Crippen LogP contribution is 2.46. The molecule has 14 heteroatoms. The van der Waals surface area contributed by atoms with E-state index in [2.05, 4.69) is 10.6 Å². The molecule has 0 spiro atoms. The van der Waals surface area contributed by atoms with Crippen molar-refractivity contribution in [3.8, 4) is 11.5 Å². The number of nitrogens with zero attached hydrogens (tertiary/aromatic N) is 2. The number of aromatic hydroxyl groups is 2. The molecule has 0 saturated heterocycles. The molecule has 0 saturated carbocycles. The van der Waals surface area contributed by atoms with E-state index in [4.69, 9.17) is 0 Å². The van der Waals surface area contributed by atoms with Crippen molar-refractivity contribution in [3.63, 3.8) is 0 Å². The van der Waals surface area contributed by atoms with Gasteiger partial charge in [-0.15, -0.1) is 0 Å². The average Bonchev–Trinajstić information content (AvgIpc) is 3.60. The molecule has 2 aromatic heterocycles. The number of hydrogen-bond donors (Lipinski definition) is 4. The number of carbonyl (C=O) groups is 4. The number of fused-ring (bicyclic) bond motifs is 2. The maximum atomic E-state index is 15.3. The second-order valence-corrected chi connectivity index (χ2v) is 14.4. The van der Waals surface area contributed by atoms with Gasteiger partial charge in [0.25, 0.3) is 11.8 Å². The van der Waals surface area contributed by atoms with Gasteiger partial charge < -0.3 is 20.8 Å². The lowest BCUT2D eigenvalue weighted by atomic mass is 9.77. The van der Waals surface area contributed by atoms with Crippen LogP contribution < -0.4 is 10.6 Å². The van der Waals surface area contributed by atoms with Gasteiger partial charge in [-0.1, -0.05) is 32.4 Å². The Balaban J connectivity index is 1.74. The Kier molecular flexibility index (Phi) is 11.8. The highest BCUT2D eigenvalue weighted by Gasteiger charge is 2.43. The Morgan fingerprint density at radius 1 is 0.672 bits per heavy atom. The summed E-state index contributed by atoms with van der Waals surface area (Å²) in [7, 11) is 0. The molecule has 4 N–H and O–H groups in total. The number of nitrogens with one attached hydrogen (secondary N) is 2. The van der Waals surface area contributed by atoms with Crippen LogP contribution in [0.5, 0.6) is 11.5 Å². The lowest BCUT2D eigenvalue weighted by molar-refractivity contribution is -0.129. The fourth-order valence-electron chi connectivity index (χ4n) is 7.54. The number of aromatic nitrogens is 2. The molecule has 4 aromatic carbocycles. The molecular formula is C44H42F4N4O6. The zero-order chi connectivity index (χ0) is 42.2. The fraction of sp³-hybridized carbons (Fsp3) is 0.273. The fourth-order valence-corrected chi connectivity index (χ4v) is 7.54. The smallest absolute Gasteiger partial charge is 0.262 e. The molecule has 0 aliphatic carbocycles. The predicted molar refractivity (Wildman–Crippen MR) is 210 cm³/mol. The van der Waals surface area contributed by atoms with E-state index in [9.17, 15) is 38.2 Å². The largest absolute Gasteiger partial charge is 0.505 e. The molecule has 302 valence electrons. The van der Waals surface area contributed by atoms with Gasteiger partial charge in [-0.05, 0) is 93.3 Å². The van der Waals surface area contributed by atoms with Crippen molar-refractivity contribution < 1.29 is 47.0 Å². The predicted octanol–water partition coefficient (Wildman–Crippen LogP) is 8.26. The van der Waals surface area contributed by atoms with Gasteiger partial charge in [0, 0.05) is 58.0 Å². The summed E-state index contributed by atoms with van der Waals surface area (Å²) in [6, 6.07) is 13.0. The summed E-state index contributed by atoms with van der Waals surface area (Å²) >= 11 is 0. The molecule has 2 amide bonds. The van der Waals surface area contributed by atoms with Crippen molar-refractivity contribution in [3.05, 3.63) is 130 Å². The monoisotopic (exact) mass is 798 g/mol. The maximum absolute atomic E-state index is 15.3. The number of halogens is 4. The van der Waals surface area contributed by atoms with Crippen molar-refractivity contribution in [2.75, 3.05) is 6.54 Å². The van der Waals surface area contributed by atoms with E-state index in [-0.39, 0.29) is 62.0 Å². The van der Waals surface area contributed by atoms with Gasteiger partial charge in [0.1, 0.15) is 11.6 Å². The first-order chi connectivity index (χ1) is 27.6. The van der Waals surface area contributed by atoms with Crippen molar-refractivity contribution in [1.29, 1.82) is 0 Å². The second-order valence-electron chi connectivity index (χ2n) is 14.4. The highest BCUT2D eigenvalue weighted by molar-refractivity contribution is 6.09. The molecule has 6 rings (SSSR count). The number of amides is 2. The molecule has 3 atom stereocenters. The summed E-state index contributed by atoms with van der Waals surface area (Å²) in [5.74, 6) is -11.7. The van der Waals surface area contributed by atoms with Crippen LogP contribution >= 0.6 is 0 Å². The Morgan fingerprint density at radius 3 is 1.53 bits per heavy atom. The third-order valence-corrected chi connectivity index (χ3v) is 10.5. The van der Waals surface area contributed by atoms with E-state index in [1.807, 2.05) is 13.8 Å². The first-order valence-corrected chi connectivity index (χ1v) is 18.8. The molecule has 2 heterocycles. The number of unbranched alkanes of at least 4 members (excludes halogenated alkanes) is 1. The molecule has 10 nitrogen and oxygen atoms in total. The third-order valence-electron chi connectivity index (χ3n) is 10.5. The van der Waals surface area contributed by atoms with E-state index in [1.165, 1.54) is 38.1 Å². The Bertz CT molecular complexity index is 2610. The quantitative estimate of drug-likeness (QED) is 0.0726. The zero-order valence-corrected chi connectivity index (χ0v) is 32.4. The number of benzene rings is 4. The molecule has 0 bridgehead atoms. The van der Waals surface area contributed by atoms with E-state index in [0.29, 0.717) is 19.3 Å². The Hall–Kier alpha value is -6.44. The van der Waals surface area contributed by atoms with Crippen LogP contribution in [0.15, 0.2) is 72.8 Å². The van der Waals surface area contributed by atoms with Crippen molar-refractivity contribution in [2.45, 2.75) is 71.8 Å². The van der Waals surface area contributed by atoms with E-state index in [1.54, 1.807) is 6.92 Å². The van der Waals surface area contributed by atoms with E-state index >= 15 is 8.78 Å². The highest BCUT2D eigenvalue weighted by atomic mass is 19.1. The van der Waals surface area contributed by atoms with Crippen LogP contribution in [-0.4, -0.2) is 55.6 Å². The van der Waals surface area contributed by atoms with Crippen molar-refractivity contribution in [2.24, 2.45) is 0 Å². The lowest BCUT2D eigenvalue weighted by Crippen LogP contribution is -2.43. The van der Waals surface area contributed by atoms with Crippen molar-refractivity contribution >= 4 is 45.4 Å². The number of hydrogen-bond acceptors (Lipinski definition) is 6. The normalized spacial score (nSPS) is 13.1. The van der Waals surface area contributed by atoms with Gasteiger partial charge >= 0.3 is 0 Å².